The summed E-state index contributed by atoms with van der Waals surface area (Å²) in [6.07, 6.45) is 4.49. The molecule has 3 aromatic rings. The van der Waals surface area contributed by atoms with Gasteiger partial charge < -0.3 is 11.1 Å². The average Bonchev–Trinajstić information content (AvgIpc) is 2.87. The molecule has 3 rings (SSSR count). The van der Waals surface area contributed by atoms with Gasteiger partial charge in [0.1, 0.15) is 0 Å². The van der Waals surface area contributed by atoms with E-state index < -0.39 is 0 Å². The van der Waals surface area contributed by atoms with E-state index in [-0.39, 0.29) is 0 Å². The van der Waals surface area contributed by atoms with Gasteiger partial charge >= 0.3 is 0 Å². The van der Waals surface area contributed by atoms with Gasteiger partial charge in [-0.3, -0.25) is 9.67 Å². The van der Waals surface area contributed by atoms with Gasteiger partial charge in [0.15, 0.2) is 0 Å². The molecule has 0 unspecified atom stereocenters. The summed E-state index contributed by atoms with van der Waals surface area (Å²) in [5, 5.41) is 8.52. The summed E-state index contributed by atoms with van der Waals surface area (Å²) in [5.41, 5.74) is 10.0. The van der Waals surface area contributed by atoms with E-state index in [0.29, 0.717) is 0 Å². The molecule has 20 heavy (non-hydrogen) atoms. The predicted molar refractivity (Wildman–Crippen MR) is 81.6 cm³/mol. The third-order valence-electron chi connectivity index (χ3n) is 3.45. The minimum atomic E-state index is 0.751. The number of anilines is 2. The highest BCUT2D eigenvalue weighted by molar-refractivity contribution is 5.96. The maximum absolute atomic E-state index is 6.19. The fourth-order valence-corrected chi connectivity index (χ4v) is 2.30. The average molecular weight is 267 g/mol. The quantitative estimate of drug-likeness (QED) is 0.711. The number of aromatic nitrogens is 3. The summed E-state index contributed by atoms with van der Waals surface area (Å²) in [5.74, 6) is 0. The van der Waals surface area contributed by atoms with Crippen molar-refractivity contribution < 1.29 is 0 Å². The second-order valence-electron chi connectivity index (χ2n) is 4.72. The van der Waals surface area contributed by atoms with Crippen LogP contribution in [0, 0.1) is 0 Å². The molecule has 2 heterocycles. The molecule has 0 saturated carbocycles. The zero-order valence-corrected chi connectivity index (χ0v) is 11.4. The lowest BCUT2D eigenvalue weighted by atomic mass is 10.1. The van der Waals surface area contributed by atoms with Crippen LogP contribution in [0.1, 0.15) is 5.69 Å². The molecule has 0 saturated heterocycles. The van der Waals surface area contributed by atoms with Crippen LogP contribution in [0.15, 0.2) is 42.7 Å². The number of nitrogens with two attached hydrogens (primary N) is 1. The van der Waals surface area contributed by atoms with Crippen LogP contribution in [0.3, 0.4) is 0 Å². The first-order chi connectivity index (χ1) is 9.75. The highest BCUT2D eigenvalue weighted by Gasteiger charge is 2.05. The van der Waals surface area contributed by atoms with Gasteiger partial charge in [0, 0.05) is 43.5 Å². The van der Waals surface area contributed by atoms with E-state index in [0.717, 1.165) is 35.2 Å². The van der Waals surface area contributed by atoms with E-state index in [4.69, 9.17) is 5.73 Å². The monoisotopic (exact) mass is 267 g/mol. The van der Waals surface area contributed by atoms with E-state index in [9.17, 15) is 0 Å². The van der Waals surface area contributed by atoms with Crippen LogP contribution in [0.4, 0.5) is 11.4 Å². The minimum Gasteiger partial charge on any atom is -0.397 e. The normalized spacial score (nSPS) is 10.8. The smallest absolute Gasteiger partial charge is 0.0724 e. The lowest BCUT2D eigenvalue weighted by Gasteiger charge is -2.11. The Labute approximate surface area is 117 Å². The van der Waals surface area contributed by atoms with Crippen molar-refractivity contribution >= 4 is 22.3 Å². The Balaban J connectivity index is 1.75. The second-order valence-corrected chi connectivity index (χ2v) is 4.72. The van der Waals surface area contributed by atoms with E-state index in [2.05, 4.69) is 15.4 Å². The van der Waals surface area contributed by atoms with Gasteiger partial charge in [-0.1, -0.05) is 0 Å². The van der Waals surface area contributed by atoms with Crippen LogP contribution in [-0.4, -0.2) is 21.3 Å². The molecular weight excluding hydrogens is 250 g/mol. The third kappa shape index (κ3) is 2.30. The first-order valence-electron chi connectivity index (χ1n) is 6.59. The van der Waals surface area contributed by atoms with Crippen molar-refractivity contribution in [3.63, 3.8) is 0 Å². The number of nitrogens with zero attached hydrogens (tertiary/aromatic N) is 3. The molecule has 0 aliphatic carbocycles. The number of nitrogen functional groups attached to an aromatic ring is 1. The molecular formula is C15H17N5. The summed E-state index contributed by atoms with van der Waals surface area (Å²) in [6.45, 7) is 0.815. The summed E-state index contributed by atoms with van der Waals surface area (Å²) in [7, 11) is 1.95. The molecule has 0 bridgehead atoms. The number of pyridine rings is 1. The fraction of sp³-hybridized carbons (Fsp3) is 0.200. The van der Waals surface area contributed by atoms with Crippen molar-refractivity contribution in [1.29, 1.82) is 0 Å². The molecule has 5 heteroatoms. The molecule has 0 radical (unpaired) electrons. The molecule has 0 fully saturated rings. The number of nitrogens with one attached hydrogen (secondary N) is 1. The molecule has 1 aromatic carbocycles. The van der Waals surface area contributed by atoms with Crippen molar-refractivity contribution in [2.45, 2.75) is 6.42 Å². The maximum atomic E-state index is 6.19. The number of hydrogen-bond donors (Lipinski definition) is 2. The van der Waals surface area contributed by atoms with Crippen molar-refractivity contribution in [2.24, 2.45) is 7.05 Å². The van der Waals surface area contributed by atoms with Crippen molar-refractivity contribution in [1.82, 2.24) is 14.8 Å². The second kappa shape index (κ2) is 5.21. The van der Waals surface area contributed by atoms with Crippen molar-refractivity contribution in [2.75, 3.05) is 17.6 Å². The van der Waals surface area contributed by atoms with E-state index in [1.807, 2.05) is 48.3 Å². The van der Waals surface area contributed by atoms with Crippen LogP contribution >= 0.6 is 0 Å². The van der Waals surface area contributed by atoms with Crippen LogP contribution in [0.5, 0.6) is 0 Å². The molecule has 102 valence electrons. The molecule has 3 N–H and O–H groups in total. The highest BCUT2D eigenvalue weighted by Crippen LogP contribution is 2.27. The Kier molecular flexibility index (Phi) is 3.25. The van der Waals surface area contributed by atoms with Gasteiger partial charge in [0.05, 0.1) is 16.9 Å². The Morgan fingerprint density at radius 3 is 2.90 bits per heavy atom. The topological polar surface area (TPSA) is 68.8 Å². The molecule has 0 aliphatic rings. The van der Waals surface area contributed by atoms with Gasteiger partial charge in [-0.2, -0.15) is 5.10 Å². The Morgan fingerprint density at radius 2 is 2.10 bits per heavy atom. The molecule has 0 aliphatic heterocycles. The maximum Gasteiger partial charge on any atom is 0.0724 e. The standard InChI is InChI=1S/C15H17N5/c1-20-11(7-10-19-20)6-9-18-14-5-4-13-12(15(14)16)3-2-8-17-13/h2-5,7-8,10,18H,6,9,16H2,1H3. The van der Waals surface area contributed by atoms with Crippen molar-refractivity contribution in [3.8, 4) is 0 Å². The number of hydrogen-bond acceptors (Lipinski definition) is 4. The molecule has 2 aromatic heterocycles. The van der Waals surface area contributed by atoms with Crippen LogP contribution < -0.4 is 11.1 Å². The van der Waals surface area contributed by atoms with Gasteiger partial charge in [0.25, 0.3) is 0 Å². The van der Waals surface area contributed by atoms with Gasteiger partial charge in [0.2, 0.25) is 0 Å². The fourth-order valence-electron chi connectivity index (χ4n) is 2.30. The zero-order valence-electron chi connectivity index (χ0n) is 11.4. The zero-order chi connectivity index (χ0) is 13.9. The number of benzene rings is 1. The van der Waals surface area contributed by atoms with Gasteiger partial charge in [-0.05, 0) is 30.3 Å². The first-order valence-corrected chi connectivity index (χ1v) is 6.59. The Morgan fingerprint density at radius 1 is 1.20 bits per heavy atom. The number of aryl methyl sites for hydroxylation is 1. The predicted octanol–water partition coefficient (Wildman–Crippen LogP) is 2.21. The molecule has 5 nitrogen and oxygen atoms in total. The van der Waals surface area contributed by atoms with Crippen LogP contribution in [0.25, 0.3) is 10.9 Å². The first kappa shape index (κ1) is 12.5. The van der Waals surface area contributed by atoms with E-state index in [1.165, 1.54) is 5.69 Å². The largest absolute Gasteiger partial charge is 0.397 e. The summed E-state index contributed by atoms with van der Waals surface area (Å²) in [4.78, 5) is 4.30. The van der Waals surface area contributed by atoms with E-state index >= 15 is 0 Å². The Bertz CT molecular complexity index is 732. The Hall–Kier alpha value is -2.56. The number of rotatable bonds is 4. The highest BCUT2D eigenvalue weighted by atomic mass is 15.3. The lowest BCUT2D eigenvalue weighted by Crippen LogP contribution is -2.09. The number of fused-ring (bicyclic) bond motifs is 1. The van der Waals surface area contributed by atoms with Crippen LogP contribution in [-0.2, 0) is 13.5 Å². The summed E-state index contributed by atoms with van der Waals surface area (Å²) >= 11 is 0. The SMILES string of the molecule is Cn1nccc1CCNc1ccc2ncccc2c1N. The molecule has 0 atom stereocenters. The lowest BCUT2D eigenvalue weighted by molar-refractivity contribution is 0.711. The summed E-state index contributed by atoms with van der Waals surface area (Å²) < 4.78 is 1.88. The molecule has 0 spiro atoms. The van der Waals surface area contributed by atoms with Crippen molar-refractivity contribution in [3.05, 3.63) is 48.4 Å². The van der Waals surface area contributed by atoms with Gasteiger partial charge in [-0.25, -0.2) is 0 Å². The third-order valence-corrected chi connectivity index (χ3v) is 3.45. The van der Waals surface area contributed by atoms with E-state index in [1.54, 1.807) is 6.20 Å². The summed E-state index contributed by atoms with van der Waals surface area (Å²) in [6, 6.07) is 9.88. The van der Waals surface area contributed by atoms with Crippen LogP contribution in [0.2, 0.25) is 0 Å². The molecule has 0 amide bonds. The minimum absolute atomic E-state index is 0.751. The van der Waals surface area contributed by atoms with Gasteiger partial charge in [-0.15, -0.1) is 0 Å².